The van der Waals surface area contributed by atoms with Crippen LogP contribution in [0.1, 0.15) is 38.8 Å². The van der Waals surface area contributed by atoms with Gasteiger partial charge < -0.3 is 14.6 Å². The van der Waals surface area contributed by atoms with E-state index in [1.165, 1.54) is 42.2 Å². The van der Waals surface area contributed by atoms with Crippen molar-refractivity contribution < 1.29 is 27.5 Å². The fourth-order valence-electron chi connectivity index (χ4n) is 3.85. The van der Waals surface area contributed by atoms with Gasteiger partial charge >= 0.3 is 11.9 Å². The van der Waals surface area contributed by atoms with E-state index in [2.05, 4.69) is 25.3 Å². The first-order valence-corrected chi connectivity index (χ1v) is 12.1. The predicted molar refractivity (Wildman–Crippen MR) is 137 cm³/mol. The molecule has 4 rings (SSSR count). The number of carbonyl (C=O) groups is 2. The number of ether oxygens (including phenoxy) is 1. The summed E-state index contributed by atoms with van der Waals surface area (Å²) in [6.45, 7) is 4.18. The van der Waals surface area contributed by atoms with Gasteiger partial charge in [-0.1, -0.05) is 13.0 Å². The van der Waals surface area contributed by atoms with E-state index in [0.29, 0.717) is 0 Å². The van der Waals surface area contributed by atoms with Crippen LogP contribution >= 0.6 is 0 Å². The van der Waals surface area contributed by atoms with Crippen molar-refractivity contribution >= 4 is 28.7 Å². The van der Waals surface area contributed by atoms with Gasteiger partial charge in [0.1, 0.15) is 17.4 Å². The third kappa shape index (κ3) is 5.62. The number of pyridine rings is 2. The zero-order valence-corrected chi connectivity index (χ0v) is 21.6. The number of Topliss-reactive ketones (excluding diaryl/α,β-unsaturated/α-hetero) is 1. The summed E-state index contributed by atoms with van der Waals surface area (Å²) < 4.78 is 47.6. The van der Waals surface area contributed by atoms with E-state index in [0.717, 1.165) is 10.6 Å². The number of ketones is 1. The Kier molecular flexibility index (Phi) is 7.84. The number of nitrogens with zero attached hydrogens (tertiary/aromatic N) is 5. The average Bonchev–Trinajstić information content (AvgIpc) is 3.34. The lowest BCUT2D eigenvalue weighted by molar-refractivity contribution is -0.139. The molecule has 0 spiro atoms. The van der Waals surface area contributed by atoms with Crippen molar-refractivity contribution in [3.05, 3.63) is 63.2 Å². The molecule has 0 saturated carbocycles. The molecule has 2 N–H and O–H groups in total. The number of anilines is 1. The van der Waals surface area contributed by atoms with E-state index in [9.17, 15) is 32.3 Å². The summed E-state index contributed by atoms with van der Waals surface area (Å²) in [6.07, 6.45) is -2.21. The standard InChI is InChI=1S/C25H24F3N7O5/c1-4-15(36)11-34-23(38)19-20(33-24(34)39)30-12-35(19)13(3)21(37)32-18-8-6-7-17(31-18)14-9-16(25(26,27)28)22(29-10-14)40-5-2/h6-10,12-13H,4-5,11H2,1-3H3,(H,33,39)(H,31,32,37)/t13-/m0/s1. The average molecular weight is 560 g/mol. The zero-order chi connectivity index (χ0) is 29.2. The highest BCUT2D eigenvalue weighted by Gasteiger charge is 2.36. The Balaban J connectivity index is 1.63. The Hall–Kier alpha value is -4.82. The van der Waals surface area contributed by atoms with Crippen LogP contribution in [0.25, 0.3) is 22.4 Å². The van der Waals surface area contributed by atoms with Crippen molar-refractivity contribution in [1.29, 1.82) is 0 Å². The Morgan fingerprint density at radius 2 is 1.93 bits per heavy atom. The number of alkyl halides is 3. The molecule has 40 heavy (non-hydrogen) atoms. The number of carbonyl (C=O) groups excluding carboxylic acids is 2. The van der Waals surface area contributed by atoms with Gasteiger partial charge in [-0.2, -0.15) is 13.2 Å². The van der Waals surface area contributed by atoms with Gasteiger partial charge in [0.15, 0.2) is 16.9 Å². The summed E-state index contributed by atoms with van der Waals surface area (Å²) in [5.74, 6) is -1.49. The maximum atomic E-state index is 13.5. The molecule has 4 aromatic heterocycles. The number of halogens is 3. The van der Waals surface area contributed by atoms with Gasteiger partial charge in [-0.05, 0) is 32.0 Å². The van der Waals surface area contributed by atoms with Gasteiger partial charge in [0.05, 0.1) is 25.2 Å². The smallest absolute Gasteiger partial charge is 0.421 e. The molecule has 0 aliphatic rings. The van der Waals surface area contributed by atoms with Gasteiger partial charge in [-0.15, -0.1) is 0 Å². The summed E-state index contributed by atoms with van der Waals surface area (Å²) in [6, 6.07) is 4.21. The van der Waals surface area contributed by atoms with E-state index >= 15 is 0 Å². The number of imidazole rings is 1. The fourth-order valence-corrected chi connectivity index (χ4v) is 3.85. The first-order valence-electron chi connectivity index (χ1n) is 12.1. The number of amides is 1. The third-order valence-corrected chi connectivity index (χ3v) is 5.97. The topological polar surface area (TPSA) is 154 Å². The Morgan fingerprint density at radius 3 is 2.60 bits per heavy atom. The van der Waals surface area contributed by atoms with E-state index in [4.69, 9.17) is 4.74 Å². The largest absolute Gasteiger partial charge is 0.478 e. The second kappa shape index (κ2) is 11.1. The molecule has 4 heterocycles. The molecule has 0 aliphatic heterocycles. The number of H-pyrrole nitrogens is 1. The minimum absolute atomic E-state index is 0.000360. The van der Waals surface area contributed by atoms with Crippen molar-refractivity contribution in [2.45, 2.75) is 46.0 Å². The fraction of sp³-hybridized carbons (Fsp3) is 0.320. The first-order chi connectivity index (χ1) is 18.9. The number of hydrogen-bond donors (Lipinski definition) is 2. The molecular weight excluding hydrogens is 535 g/mol. The second-order valence-electron chi connectivity index (χ2n) is 8.64. The van der Waals surface area contributed by atoms with Gasteiger partial charge in [-0.3, -0.25) is 23.9 Å². The zero-order valence-electron chi connectivity index (χ0n) is 21.6. The SMILES string of the molecule is CCOc1ncc(-c2cccc(NC(=O)[C@H](C)n3cnc4[nH]c(=O)n(CC(=O)CC)c(=O)c43)n2)cc1C(F)(F)F. The molecule has 15 heteroatoms. The number of rotatable bonds is 9. The Labute approximate surface area is 223 Å². The summed E-state index contributed by atoms with van der Waals surface area (Å²) in [4.78, 5) is 64.7. The van der Waals surface area contributed by atoms with Crippen LogP contribution in [0, 0.1) is 0 Å². The van der Waals surface area contributed by atoms with E-state index < -0.39 is 47.4 Å². The van der Waals surface area contributed by atoms with Gasteiger partial charge in [-0.25, -0.2) is 19.7 Å². The van der Waals surface area contributed by atoms with E-state index in [1.54, 1.807) is 13.8 Å². The normalized spacial score (nSPS) is 12.3. The van der Waals surface area contributed by atoms with E-state index in [1.807, 2.05) is 0 Å². The molecule has 4 aromatic rings. The number of fused-ring (bicyclic) bond motifs is 1. The highest BCUT2D eigenvalue weighted by molar-refractivity contribution is 5.93. The first kappa shape index (κ1) is 28.2. The molecule has 0 unspecified atom stereocenters. The quantitative estimate of drug-likeness (QED) is 0.317. The lowest BCUT2D eigenvalue weighted by Crippen LogP contribution is -2.38. The molecule has 1 atom stereocenters. The van der Waals surface area contributed by atoms with Gasteiger partial charge in [0.2, 0.25) is 11.8 Å². The summed E-state index contributed by atoms with van der Waals surface area (Å²) in [7, 11) is 0. The minimum atomic E-state index is -4.71. The van der Waals surface area contributed by atoms with Crippen molar-refractivity contribution in [2.24, 2.45) is 0 Å². The number of aromatic nitrogens is 6. The second-order valence-corrected chi connectivity index (χ2v) is 8.64. The van der Waals surface area contributed by atoms with Crippen LogP contribution < -0.4 is 21.3 Å². The maximum Gasteiger partial charge on any atom is 0.421 e. The molecule has 0 aliphatic carbocycles. The maximum absolute atomic E-state index is 13.5. The van der Waals surface area contributed by atoms with Crippen LogP contribution in [-0.2, 0) is 22.3 Å². The highest BCUT2D eigenvalue weighted by Crippen LogP contribution is 2.37. The number of aromatic amines is 1. The Bertz CT molecular complexity index is 1710. The van der Waals surface area contributed by atoms with Crippen molar-refractivity contribution in [2.75, 3.05) is 11.9 Å². The van der Waals surface area contributed by atoms with Crippen LogP contribution in [0.15, 0.2) is 46.4 Å². The number of nitrogens with one attached hydrogen (secondary N) is 2. The highest BCUT2D eigenvalue weighted by atomic mass is 19.4. The molecule has 0 saturated heterocycles. The van der Waals surface area contributed by atoms with Crippen LogP contribution in [0.3, 0.4) is 0 Å². The summed E-state index contributed by atoms with van der Waals surface area (Å²) in [5, 5.41) is 2.57. The van der Waals surface area contributed by atoms with Crippen LogP contribution in [0.5, 0.6) is 5.88 Å². The molecule has 210 valence electrons. The molecule has 0 fully saturated rings. The molecular formula is C25H24F3N7O5. The number of hydrogen-bond acceptors (Lipinski definition) is 8. The van der Waals surface area contributed by atoms with Gasteiger partial charge in [0, 0.05) is 18.2 Å². The summed E-state index contributed by atoms with van der Waals surface area (Å²) >= 11 is 0. The Morgan fingerprint density at radius 1 is 1.18 bits per heavy atom. The van der Waals surface area contributed by atoms with E-state index in [-0.39, 0.29) is 47.1 Å². The summed E-state index contributed by atoms with van der Waals surface area (Å²) in [5.41, 5.74) is -2.65. The minimum Gasteiger partial charge on any atom is -0.478 e. The van der Waals surface area contributed by atoms with Crippen molar-refractivity contribution in [3.8, 4) is 17.1 Å². The predicted octanol–water partition coefficient (Wildman–Crippen LogP) is 2.94. The van der Waals surface area contributed by atoms with Crippen LogP contribution in [0.2, 0.25) is 0 Å². The van der Waals surface area contributed by atoms with Crippen molar-refractivity contribution in [1.82, 2.24) is 29.1 Å². The third-order valence-electron chi connectivity index (χ3n) is 5.97. The molecule has 0 radical (unpaired) electrons. The molecule has 0 bridgehead atoms. The van der Waals surface area contributed by atoms with Crippen molar-refractivity contribution in [3.63, 3.8) is 0 Å². The molecule has 0 aromatic carbocycles. The van der Waals surface area contributed by atoms with Crippen LogP contribution in [-0.4, -0.2) is 47.4 Å². The monoisotopic (exact) mass is 559 g/mol. The lowest BCUT2D eigenvalue weighted by atomic mass is 10.1. The van der Waals surface area contributed by atoms with Crippen LogP contribution in [0.4, 0.5) is 19.0 Å². The lowest BCUT2D eigenvalue weighted by Gasteiger charge is -2.15. The molecule has 1 amide bonds. The van der Waals surface area contributed by atoms with Gasteiger partial charge in [0.25, 0.3) is 5.56 Å². The molecule has 12 nitrogen and oxygen atoms in total.